The van der Waals surface area contributed by atoms with Crippen LogP contribution in [0.2, 0.25) is 0 Å². The topological polar surface area (TPSA) is 44.4 Å². The number of benzene rings is 1. The highest BCUT2D eigenvalue weighted by Crippen LogP contribution is 2.29. The predicted octanol–water partition coefficient (Wildman–Crippen LogP) is 1.51. The molecular formula is C15H22FN3O. The molecule has 1 saturated heterocycles. The molecule has 1 aromatic carbocycles. The van der Waals surface area contributed by atoms with E-state index in [1.807, 2.05) is 18.0 Å². The second kappa shape index (κ2) is 6.70. The van der Waals surface area contributed by atoms with Crippen molar-refractivity contribution in [3.05, 3.63) is 29.6 Å². The lowest BCUT2D eigenvalue weighted by molar-refractivity contribution is -0.124. The van der Waals surface area contributed by atoms with Crippen LogP contribution in [-0.2, 0) is 11.3 Å². The Morgan fingerprint density at radius 2 is 2.25 bits per heavy atom. The normalized spacial score (nSPS) is 18.9. The van der Waals surface area contributed by atoms with Gasteiger partial charge in [-0.2, -0.15) is 0 Å². The number of anilines is 1. The summed E-state index contributed by atoms with van der Waals surface area (Å²) in [7, 11) is 3.50. The van der Waals surface area contributed by atoms with Crippen molar-refractivity contribution in [3.63, 3.8) is 0 Å². The Morgan fingerprint density at radius 3 is 2.95 bits per heavy atom. The smallest absolute Gasteiger partial charge is 0.224 e. The maximum atomic E-state index is 14.2. The average molecular weight is 279 g/mol. The van der Waals surface area contributed by atoms with E-state index in [-0.39, 0.29) is 17.6 Å². The van der Waals surface area contributed by atoms with Gasteiger partial charge in [0, 0.05) is 26.7 Å². The van der Waals surface area contributed by atoms with Gasteiger partial charge in [0.25, 0.3) is 0 Å². The van der Waals surface area contributed by atoms with Crippen molar-refractivity contribution in [2.75, 3.05) is 32.1 Å². The van der Waals surface area contributed by atoms with Gasteiger partial charge in [-0.3, -0.25) is 4.79 Å². The summed E-state index contributed by atoms with van der Waals surface area (Å²) < 4.78 is 14.2. The molecule has 4 nitrogen and oxygen atoms in total. The largest absolute Gasteiger partial charge is 0.368 e. The van der Waals surface area contributed by atoms with E-state index in [0.717, 1.165) is 24.9 Å². The summed E-state index contributed by atoms with van der Waals surface area (Å²) in [5.41, 5.74) is 1.57. The summed E-state index contributed by atoms with van der Waals surface area (Å²) in [6.07, 6.45) is 1.78. The van der Waals surface area contributed by atoms with Gasteiger partial charge < -0.3 is 15.5 Å². The minimum Gasteiger partial charge on any atom is -0.368 e. The first-order valence-corrected chi connectivity index (χ1v) is 7.06. The molecule has 20 heavy (non-hydrogen) atoms. The van der Waals surface area contributed by atoms with Gasteiger partial charge in [0.1, 0.15) is 5.82 Å². The van der Waals surface area contributed by atoms with Crippen LogP contribution >= 0.6 is 0 Å². The van der Waals surface area contributed by atoms with Crippen LogP contribution < -0.4 is 15.5 Å². The van der Waals surface area contributed by atoms with E-state index < -0.39 is 0 Å². The Kier molecular flexibility index (Phi) is 4.95. The Bertz CT molecular complexity index is 478. The van der Waals surface area contributed by atoms with Gasteiger partial charge in [0.05, 0.1) is 11.6 Å². The number of hydrogen-bond donors (Lipinski definition) is 2. The number of carbonyl (C=O) groups excluding carboxylic acids is 1. The monoisotopic (exact) mass is 279 g/mol. The molecule has 2 N–H and O–H groups in total. The number of nitrogens with one attached hydrogen (secondary N) is 2. The fourth-order valence-corrected chi connectivity index (χ4v) is 2.85. The molecular weight excluding hydrogens is 257 g/mol. The molecule has 1 atom stereocenters. The van der Waals surface area contributed by atoms with Crippen molar-refractivity contribution in [3.8, 4) is 0 Å². The lowest BCUT2D eigenvalue weighted by atomic mass is 9.96. The maximum absolute atomic E-state index is 14.2. The maximum Gasteiger partial charge on any atom is 0.224 e. The second-order valence-electron chi connectivity index (χ2n) is 5.18. The van der Waals surface area contributed by atoms with E-state index in [0.29, 0.717) is 18.8 Å². The molecule has 1 aromatic rings. The third kappa shape index (κ3) is 3.10. The molecule has 1 heterocycles. The number of carbonyl (C=O) groups is 1. The van der Waals surface area contributed by atoms with Crippen molar-refractivity contribution >= 4 is 11.6 Å². The number of amides is 1. The molecule has 110 valence electrons. The molecule has 0 saturated carbocycles. The number of para-hydroxylation sites is 1. The quantitative estimate of drug-likeness (QED) is 0.878. The van der Waals surface area contributed by atoms with E-state index in [2.05, 4.69) is 10.6 Å². The van der Waals surface area contributed by atoms with E-state index in [1.54, 1.807) is 13.1 Å². The van der Waals surface area contributed by atoms with Crippen LogP contribution in [0, 0.1) is 11.7 Å². The first-order valence-electron chi connectivity index (χ1n) is 7.06. The minimum absolute atomic E-state index is 0.0428. The third-order valence-corrected chi connectivity index (χ3v) is 3.79. The van der Waals surface area contributed by atoms with E-state index in [9.17, 15) is 9.18 Å². The molecule has 0 spiro atoms. The first-order chi connectivity index (χ1) is 9.67. The van der Waals surface area contributed by atoms with Crippen molar-refractivity contribution in [1.82, 2.24) is 10.6 Å². The lowest BCUT2D eigenvalue weighted by Gasteiger charge is -2.35. The summed E-state index contributed by atoms with van der Waals surface area (Å²) in [6, 6.07) is 5.14. The van der Waals surface area contributed by atoms with E-state index in [4.69, 9.17) is 0 Å². The molecule has 0 bridgehead atoms. The van der Waals surface area contributed by atoms with Gasteiger partial charge in [-0.25, -0.2) is 4.39 Å². The summed E-state index contributed by atoms with van der Waals surface area (Å²) in [6.45, 7) is 2.00. The van der Waals surface area contributed by atoms with Crippen LogP contribution in [0.15, 0.2) is 18.2 Å². The molecule has 1 aliphatic heterocycles. The third-order valence-electron chi connectivity index (χ3n) is 3.79. The van der Waals surface area contributed by atoms with Gasteiger partial charge in [-0.15, -0.1) is 0 Å². The molecule has 0 aliphatic carbocycles. The zero-order valence-electron chi connectivity index (χ0n) is 12.1. The molecule has 1 unspecified atom stereocenters. The molecule has 0 radical (unpaired) electrons. The standard InChI is InChI=1S/C15H22FN3O/c1-17-9-11-5-3-7-13(16)14(11)19-8-4-6-12(10-19)15(20)18-2/h3,5,7,12,17H,4,6,8-10H2,1-2H3,(H,18,20). The fourth-order valence-electron chi connectivity index (χ4n) is 2.85. The Labute approximate surface area is 119 Å². The average Bonchev–Trinajstić information content (AvgIpc) is 2.47. The van der Waals surface area contributed by atoms with E-state index >= 15 is 0 Å². The van der Waals surface area contributed by atoms with Crippen molar-refractivity contribution < 1.29 is 9.18 Å². The van der Waals surface area contributed by atoms with Gasteiger partial charge in [-0.05, 0) is 31.5 Å². The number of hydrogen-bond acceptors (Lipinski definition) is 3. The van der Waals surface area contributed by atoms with Gasteiger partial charge in [0.15, 0.2) is 0 Å². The molecule has 1 fully saturated rings. The first kappa shape index (κ1) is 14.8. The summed E-state index contributed by atoms with van der Waals surface area (Å²) in [5.74, 6) is -0.229. The van der Waals surface area contributed by atoms with Crippen LogP contribution in [0.5, 0.6) is 0 Å². The highest BCUT2D eigenvalue weighted by Gasteiger charge is 2.27. The molecule has 5 heteroatoms. The Hall–Kier alpha value is -1.62. The SMILES string of the molecule is CNCc1cccc(F)c1N1CCCC(C(=O)NC)C1. The van der Waals surface area contributed by atoms with Gasteiger partial charge in [0.2, 0.25) is 5.91 Å². The van der Waals surface area contributed by atoms with Gasteiger partial charge in [-0.1, -0.05) is 12.1 Å². The lowest BCUT2D eigenvalue weighted by Crippen LogP contribution is -2.43. The Morgan fingerprint density at radius 1 is 1.45 bits per heavy atom. The number of piperidine rings is 1. The highest BCUT2D eigenvalue weighted by molar-refractivity contribution is 5.79. The van der Waals surface area contributed by atoms with Gasteiger partial charge >= 0.3 is 0 Å². The number of rotatable bonds is 4. The summed E-state index contributed by atoms with van der Waals surface area (Å²) in [5, 5.41) is 5.75. The van der Waals surface area contributed by atoms with Crippen molar-refractivity contribution in [1.29, 1.82) is 0 Å². The van der Waals surface area contributed by atoms with Crippen LogP contribution in [0.3, 0.4) is 0 Å². The van der Waals surface area contributed by atoms with Crippen LogP contribution in [0.25, 0.3) is 0 Å². The van der Waals surface area contributed by atoms with Crippen LogP contribution in [-0.4, -0.2) is 33.1 Å². The second-order valence-corrected chi connectivity index (χ2v) is 5.18. The number of halogens is 1. The molecule has 0 aromatic heterocycles. The zero-order chi connectivity index (χ0) is 14.5. The number of nitrogens with zero attached hydrogens (tertiary/aromatic N) is 1. The minimum atomic E-state index is -0.213. The molecule has 2 rings (SSSR count). The van der Waals surface area contributed by atoms with Crippen LogP contribution in [0.1, 0.15) is 18.4 Å². The van der Waals surface area contributed by atoms with E-state index in [1.165, 1.54) is 6.07 Å². The molecule has 1 aliphatic rings. The fraction of sp³-hybridized carbons (Fsp3) is 0.533. The summed E-state index contributed by atoms with van der Waals surface area (Å²) in [4.78, 5) is 13.8. The van der Waals surface area contributed by atoms with Crippen LogP contribution in [0.4, 0.5) is 10.1 Å². The zero-order valence-corrected chi connectivity index (χ0v) is 12.1. The van der Waals surface area contributed by atoms with Crippen molar-refractivity contribution in [2.45, 2.75) is 19.4 Å². The van der Waals surface area contributed by atoms with Crippen molar-refractivity contribution in [2.24, 2.45) is 5.92 Å². The summed E-state index contributed by atoms with van der Waals surface area (Å²) >= 11 is 0. The Balaban J connectivity index is 2.24. The highest BCUT2D eigenvalue weighted by atomic mass is 19.1. The predicted molar refractivity (Wildman–Crippen MR) is 78.2 cm³/mol. The molecule has 1 amide bonds.